The van der Waals surface area contributed by atoms with E-state index in [1.54, 1.807) is 0 Å². The molecule has 0 amide bonds. The molecule has 0 aromatic carbocycles. The van der Waals surface area contributed by atoms with Crippen molar-refractivity contribution in [3.05, 3.63) is 11.6 Å². The van der Waals surface area contributed by atoms with Gasteiger partial charge in [-0.15, -0.1) is 0 Å². The van der Waals surface area contributed by atoms with E-state index in [1.165, 1.54) is 18.4 Å². The molecule has 3 nitrogen and oxygen atoms in total. The Labute approximate surface area is 91.1 Å². The average molecular weight is 212 g/mol. The van der Waals surface area contributed by atoms with Crippen LogP contribution in [0.15, 0.2) is 11.6 Å². The summed E-state index contributed by atoms with van der Waals surface area (Å²) in [4.78, 5) is 10.8. The smallest absolute Gasteiger partial charge is 0.332 e. The average Bonchev–Trinajstić information content (AvgIpc) is 2.25. The van der Waals surface area contributed by atoms with E-state index in [-0.39, 0.29) is 0 Å². The molecule has 0 saturated carbocycles. The van der Waals surface area contributed by atoms with Crippen molar-refractivity contribution >= 4 is 5.97 Å². The van der Waals surface area contributed by atoms with E-state index in [9.17, 15) is 4.79 Å². The van der Waals surface area contributed by atoms with E-state index in [1.807, 2.05) is 6.92 Å². The maximum atomic E-state index is 10.8. The van der Waals surface area contributed by atoms with Gasteiger partial charge in [0, 0.05) is 6.61 Å². The minimum absolute atomic E-state index is 0.468. The topological polar surface area (TPSA) is 46.5 Å². The Morgan fingerprint density at radius 1 is 1.60 bits per heavy atom. The van der Waals surface area contributed by atoms with Crippen molar-refractivity contribution in [1.82, 2.24) is 0 Å². The fourth-order valence-electron chi connectivity index (χ4n) is 1.93. The lowest BCUT2D eigenvalue weighted by atomic mass is 9.95. The molecule has 86 valence electrons. The van der Waals surface area contributed by atoms with Gasteiger partial charge in [-0.05, 0) is 45.4 Å². The van der Waals surface area contributed by atoms with Crippen LogP contribution in [0.1, 0.15) is 45.4 Å². The summed E-state index contributed by atoms with van der Waals surface area (Å²) in [6, 6.07) is 0. The van der Waals surface area contributed by atoms with Crippen molar-refractivity contribution < 1.29 is 14.6 Å². The van der Waals surface area contributed by atoms with E-state index in [0.29, 0.717) is 13.0 Å². The number of hydrogen-bond acceptors (Lipinski definition) is 2. The zero-order chi connectivity index (χ0) is 11.1. The van der Waals surface area contributed by atoms with Gasteiger partial charge in [-0.3, -0.25) is 0 Å². The van der Waals surface area contributed by atoms with E-state index in [0.717, 1.165) is 19.3 Å². The minimum atomic E-state index is -0.840. The molecule has 0 heterocycles. The van der Waals surface area contributed by atoms with Gasteiger partial charge in [0.15, 0.2) is 6.10 Å². The van der Waals surface area contributed by atoms with Crippen LogP contribution >= 0.6 is 0 Å². The van der Waals surface area contributed by atoms with Crippen LogP contribution in [-0.2, 0) is 9.53 Å². The Kier molecular flexibility index (Phi) is 5.40. The molecule has 1 atom stereocenters. The predicted octanol–water partition coefficient (Wildman–Crippen LogP) is 2.76. The summed E-state index contributed by atoms with van der Waals surface area (Å²) in [5, 5.41) is 8.89. The second-order valence-electron chi connectivity index (χ2n) is 3.93. The Hall–Kier alpha value is -0.830. The Balaban J connectivity index is 2.32. The van der Waals surface area contributed by atoms with Gasteiger partial charge < -0.3 is 9.84 Å². The molecular weight excluding hydrogens is 192 g/mol. The van der Waals surface area contributed by atoms with Crippen LogP contribution in [0.5, 0.6) is 0 Å². The van der Waals surface area contributed by atoms with Gasteiger partial charge in [0.2, 0.25) is 0 Å². The van der Waals surface area contributed by atoms with Gasteiger partial charge in [-0.25, -0.2) is 4.79 Å². The first-order chi connectivity index (χ1) is 7.24. The molecule has 1 unspecified atom stereocenters. The number of carboxylic acids is 1. The SMILES string of the molecule is CCOC(CCC1=CCCCC1)C(=O)O. The van der Waals surface area contributed by atoms with E-state index >= 15 is 0 Å². The number of carbonyl (C=O) groups is 1. The highest BCUT2D eigenvalue weighted by molar-refractivity contribution is 5.72. The van der Waals surface area contributed by atoms with Crippen LogP contribution in [0.3, 0.4) is 0 Å². The highest BCUT2D eigenvalue weighted by atomic mass is 16.5. The number of allylic oxidation sites excluding steroid dienone is 2. The van der Waals surface area contributed by atoms with Crippen molar-refractivity contribution in [3.8, 4) is 0 Å². The molecule has 1 rings (SSSR count). The molecule has 0 spiro atoms. The first kappa shape index (κ1) is 12.2. The van der Waals surface area contributed by atoms with Crippen molar-refractivity contribution in [2.45, 2.75) is 51.6 Å². The Bertz CT molecular complexity index is 233. The molecule has 1 aliphatic rings. The number of carboxylic acid groups (broad SMARTS) is 1. The largest absolute Gasteiger partial charge is 0.479 e. The van der Waals surface area contributed by atoms with E-state index < -0.39 is 12.1 Å². The molecule has 0 fully saturated rings. The zero-order valence-corrected chi connectivity index (χ0v) is 9.37. The lowest BCUT2D eigenvalue weighted by Gasteiger charge is -2.16. The number of rotatable bonds is 6. The molecular formula is C12H20O3. The normalized spacial score (nSPS) is 18.3. The van der Waals surface area contributed by atoms with E-state index in [4.69, 9.17) is 9.84 Å². The summed E-state index contributed by atoms with van der Waals surface area (Å²) < 4.78 is 5.17. The van der Waals surface area contributed by atoms with Crippen LogP contribution in [0.25, 0.3) is 0 Å². The number of aliphatic carboxylic acids is 1. The summed E-state index contributed by atoms with van der Waals surface area (Å²) in [5.74, 6) is -0.840. The summed E-state index contributed by atoms with van der Waals surface area (Å²) in [7, 11) is 0. The minimum Gasteiger partial charge on any atom is -0.479 e. The van der Waals surface area contributed by atoms with Crippen LogP contribution in [-0.4, -0.2) is 23.8 Å². The lowest BCUT2D eigenvalue weighted by molar-refractivity contribution is -0.150. The van der Waals surface area contributed by atoms with Gasteiger partial charge in [-0.1, -0.05) is 11.6 Å². The highest BCUT2D eigenvalue weighted by Crippen LogP contribution is 2.22. The molecule has 1 aliphatic carbocycles. The van der Waals surface area contributed by atoms with Crippen LogP contribution in [0, 0.1) is 0 Å². The third-order valence-corrected chi connectivity index (χ3v) is 2.76. The maximum Gasteiger partial charge on any atom is 0.332 e. The van der Waals surface area contributed by atoms with Gasteiger partial charge >= 0.3 is 5.97 Å². The van der Waals surface area contributed by atoms with E-state index in [2.05, 4.69) is 6.08 Å². The standard InChI is InChI=1S/C12H20O3/c1-2-15-11(12(13)14)9-8-10-6-4-3-5-7-10/h6,11H,2-5,7-9H2,1H3,(H,13,14). The summed E-state index contributed by atoms with van der Waals surface area (Å²) in [6.45, 7) is 2.30. The van der Waals surface area contributed by atoms with Gasteiger partial charge in [0.05, 0.1) is 0 Å². The summed E-state index contributed by atoms with van der Waals surface area (Å²) in [6.07, 6.45) is 7.92. The molecule has 3 heteroatoms. The zero-order valence-electron chi connectivity index (χ0n) is 9.37. The first-order valence-electron chi connectivity index (χ1n) is 5.76. The van der Waals surface area contributed by atoms with Crippen molar-refractivity contribution in [2.75, 3.05) is 6.61 Å². The van der Waals surface area contributed by atoms with Crippen molar-refractivity contribution in [1.29, 1.82) is 0 Å². The van der Waals surface area contributed by atoms with Crippen LogP contribution in [0.2, 0.25) is 0 Å². The summed E-state index contributed by atoms with van der Waals surface area (Å²) in [5.41, 5.74) is 1.41. The molecule has 0 aromatic rings. The van der Waals surface area contributed by atoms with Crippen LogP contribution in [0.4, 0.5) is 0 Å². The fraction of sp³-hybridized carbons (Fsp3) is 0.750. The molecule has 0 saturated heterocycles. The Morgan fingerprint density at radius 3 is 2.93 bits per heavy atom. The molecule has 0 aliphatic heterocycles. The van der Waals surface area contributed by atoms with Crippen molar-refractivity contribution in [2.24, 2.45) is 0 Å². The van der Waals surface area contributed by atoms with Gasteiger partial charge in [0.25, 0.3) is 0 Å². The monoisotopic (exact) mass is 212 g/mol. The highest BCUT2D eigenvalue weighted by Gasteiger charge is 2.17. The third-order valence-electron chi connectivity index (χ3n) is 2.76. The van der Waals surface area contributed by atoms with Crippen molar-refractivity contribution in [3.63, 3.8) is 0 Å². The fourth-order valence-corrected chi connectivity index (χ4v) is 1.93. The summed E-state index contributed by atoms with van der Waals surface area (Å²) >= 11 is 0. The second kappa shape index (κ2) is 6.62. The molecule has 0 bridgehead atoms. The second-order valence-corrected chi connectivity index (χ2v) is 3.93. The van der Waals surface area contributed by atoms with Gasteiger partial charge in [-0.2, -0.15) is 0 Å². The van der Waals surface area contributed by atoms with Crippen LogP contribution < -0.4 is 0 Å². The maximum absolute atomic E-state index is 10.8. The number of hydrogen-bond donors (Lipinski definition) is 1. The third kappa shape index (κ3) is 4.47. The quantitative estimate of drug-likeness (QED) is 0.689. The molecule has 1 N–H and O–H groups in total. The molecule has 0 radical (unpaired) electrons. The predicted molar refractivity (Wildman–Crippen MR) is 58.8 cm³/mol. The lowest BCUT2D eigenvalue weighted by Crippen LogP contribution is -2.24. The molecule has 15 heavy (non-hydrogen) atoms. The number of ether oxygens (including phenoxy) is 1. The Morgan fingerprint density at radius 2 is 2.40 bits per heavy atom. The molecule has 0 aromatic heterocycles. The first-order valence-corrected chi connectivity index (χ1v) is 5.76. The van der Waals surface area contributed by atoms with Gasteiger partial charge in [0.1, 0.15) is 0 Å².